The van der Waals surface area contributed by atoms with E-state index in [4.69, 9.17) is 4.74 Å². The largest absolute Gasteiger partial charge is 0.376 e. The third kappa shape index (κ3) is 2.82. The Morgan fingerprint density at radius 1 is 1.48 bits per heavy atom. The molecule has 0 saturated carbocycles. The molecule has 1 saturated heterocycles. The number of aryl methyl sites for hydroxylation is 1. The Kier molecular flexibility index (Phi) is 3.73. The third-order valence-corrected chi connectivity index (χ3v) is 3.80. The van der Waals surface area contributed by atoms with Gasteiger partial charge in [-0.25, -0.2) is 9.37 Å². The van der Waals surface area contributed by atoms with E-state index >= 15 is 0 Å². The molecule has 1 atom stereocenters. The van der Waals surface area contributed by atoms with Crippen LogP contribution in [0.5, 0.6) is 0 Å². The van der Waals surface area contributed by atoms with Gasteiger partial charge in [-0.3, -0.25) is 9.69 Å². The summed E-state index contributed by atoms with van der Waals surface area (Å²) >= 11 is 0. The molecule has 2 heterocycles. The summed E-state index contributed by atoms with van der Waals surface area (Å²) in [4.78, 5) is 18.9. The van der Waals surface area contributed by atoms with E-state index in [1.807, 2.05) is 6.92 Å². The van der Waals surface area contributed by atoms with Gasteiger partial charge in [0.25, 0.3) is 5.56 Å². The summed E-state index contributed by atoms with van der Waals surface area (Å²) in [7, 11) is 1.69. The van der Waals surface area contributed by atoms with Crippen LogP contribution in [0.3, 0.4) is 0 Å². The first-order chi connectivity index (χ1) is 10.0. The summed E-state index contributed by atoms with van der Waals surface area (Å²) in [6.45, 7) is 4.67. The quantitative estimate of drug-likeness (QED) is 0.836. The molecule has 0 unspecified atom stereocenters. The van der Waals surface area contributed by atoms with Crippen LogP contribution < -0.4 is 5.56 Å². The molecule has 0 N–H and O–H groups in total. The molecule has 1 aliphatic rings. The molecule has 0 aliphatic carbocycles. The Labute approximate surface area is 122 Å². The Hall–Kier alpha value is -1.79. The molecule has 0 spiro atoms. The van der Waals surface area contributed by atoms with E-state index in [0.29, 0.717) is 29.9 Å². The van der Waals surface area contributed by atoms with Crippen LogP contribution in [-0.4, -0.2) is 40.3 Å². The summed E-state index contributed by atoms with van der Waals surface area (Å²) in [6.07, 6.45) is 0.153. The van der Waals surface area contributed by atoms with Gasteiger partial charge in [0.1, 0.15) is 11.5 Å². The van der Waals surface area contributed by atoms with Crippen LogP contribution in [0.2, 0.25) is 0 Å². The zero-order valence-corrected chi connectivity index (χ0v) is 12.2. The maximum atomic E-state index is 13.4. The molecule has 5 nitrogen and oxygen atoms in total. The number of fused-ring (bicyclic) bond motifs is 1. The fraction of sp³-hybridized carbons (Fsp3) is 0.467. The molecule has 1 aromatic carbocycles. The predicted octanol–water partition coefficient (Wildman–Crippen LogP) is 1.29. The summed E-state index contributed by atoms with van der Waals surface area (Å²) in [6, 6.07) is 4.28. The summed E-state index contributed by atoms with van der Waals surface area (Å²) in [5, 5.41) is 0. The van der Waals surface area contributed by atoms with Crippen LogP contribution in [0.1, 0.15) is 12.6 Å². The van der Waals surface area contributed by atoms with Gasteiger partial charge >= 0.3 is 0 Å². The lowest BCUT2D eigenvalue weighted by Crippen LogP contribution is -2.42. The molecule has 3 rings (SSSR count). The van der Waals surface area contributed by atoms with E-state index in [-0.39, 0.29) is 17.5 Å². The second kappa shape index (κ2) is 5.54. The van der Waals surface area contributed by atoms with Crippen molar-refractivity contribution < 1.29 is 9.13 Å². The van der Waals surface area contributed by atoms with Crippen LogP contribution in [0.4, 0.5) is 4.39 Å². The number of hydrogen-bond donors (Lipinski definition) is 0. The van der Waals surface area contributed by atoms with Crippen molar-refractivity contribution in [1.82, 2.24) is 14.5 Å². The Morgan fingerprint density at radius 3 is 3.05 bits per heavy atom. The van der Waals surface area contributed by atoms with Gasteiger partial charge in [-0.15, -0.1) is 0 Å². The molecule has 2 aromatic rings. The molecule has 0 amide bonds. The van der Waals surface area contributed by atoms with Crippen molar-refractivity contribution in [3.05, 3.63) is 40.1 Å². The van der Waals surface area contributed by atoms with Gasteiger partial charge in [0.05, 0.1) is 23.7 Å². The van der Waals surface area contributed by atoms with E-state index in [1.54, 1.807) is 13.1 Å². The van der Waals surface area contributed by atoms with Gasteiger partial charge in [-0.2, -0.15) is 0 Å². The fourth-order valence-corrected chi connectivity index (χ4v) is 2.71. The molecule has 0 bridgehead atoms. The van der Waals surface area contributed by atoms with Crippen molar-refractivity contribution in [2.45, 2.75) is 19.6 Å². The summed E-state index contributed by atoms with van der Waals surface area (Å²) in [5.74, 6) is -0.348. The highest BCUT2D eigenvalue weighted by molar-refractivity contribution is 5.74. The zero-order valence-electron chi connectivity index (χ0n) is 12.2. The normalized spacial score (nSPS) is 20.0. The van der Waals surface area contributed by atoms with E-state index in [9.17, 15) is 9.18 Å². The monoisotopic (exact) mass is 291 g/mol. The summed E-state index contributed by atoms with van der Waals surface area (Å²) < 4.78 is 20.4. The van der Waals surface area contributed by atoms with E-state index in [1.165, 1.54) is 16.7 Å². The Morgan fingerprint density at radius 2 is 2.29 bits per heavy atom. The number of halogens is 1. The second-order valence-electron chi connectivity index (χ2n) is 5.47. The van der Waals surface area contributed by atoms with Gasteiger partial charge in [0, 0.05) is 32.7 Å². The van der Waals surface area contributed by atoms with Gasteiger partial charge in [-0.1, -0.05) is 0 Å². The van der Waals surface area contributed by atoms with Crippen molar-refractivity contribution in [1.29, 1.82) is 0 Å². The average molecular weight is 291 g/mol. The summed E-state index contributed by atoms with van der Waals surface area (Å²) in [5.41, 5.74) is 1.46. The number of ether oxygens (including phenoxy) is 1. The van der Waals surface area contributed by atoms with Crippen LogP contribution in [-0.2, 0) is 18.3 Å². The van der Waals surface area contributed by atoms with E-state index in [0.717, 1.165) is 13.1 Å². The number of nitrogens with zero attached hydrogens (tertiary/aromatic N) is 3. The van der Waals surface area contributed by atoms with Gasteiger partial charge < -0.3 is 9.30 Å². The standard InChI is InChI=1S/C15H18FN3O2/c1-10-8-19(5-6-21-10)9-13-15(20)18(2)14-4-3-11(16)7-12(14)17-13/h3-4,7,10H,5-6,8-9H2,1-2H3/t10-/m0/s1. The zero-order chi connectivity index (χ0) is 15.0. The molecular weight excluding hydrogens is 273 g/mol. The first-order valence-corrected chi connectivity index (χ1v) is 7.03. The minimum atomic E-state index is -0.348. The van der Waals surface area contributed by atoms with Gasteiger partial charge in [-0.05, 0) is 19.1 Å². The maximum Gasteiger partial charge on any atom is 0.273 e. The molecule has 0 radical (unpaired) electrons. The lowest BCUT2D eigenvalue weighted by Gasteiger charge is -2.30. The van der Waals surface area contributed by atoms with Crippen molar-refractivity contribution in [2.24, 2.45) is 7.05 Å². The maximum absolute atomic E-state index is 13.4. The van der Waals surface area contributed by atoms with E-state index < -0.39 is 0 Å². The number of morpholine rings is 1. The molecule has 1 fully saturated rings. The lowest BCUT2D eigenvalue weighted by molar-refractivity contribution is -0.0217. The minimum absolute atomic E-state index is 0.131. The smallest absolute Gasteiger partial charge is 0.273 e. The average Bonchev–Trinajstić information content (AvgIpc) is 2.44. The second-order valence-corrected chi connectivity index (χ2v) is 5.47. The number of hydrogen-bond acceptors (Lipinski definition) is 4. The van der Waals surface area contributed by atoms with Crippen LogP contribution in [0.25, 0.3) is 11.0 Å². The highest BCUT2D eigenvalue weighted by Crippen LogP contribution is 2.13. The first-order valence-electron chi connectivity index (χ1n) is 7.03. The fourth-order valence-electron chi connectivity index (χ4n) is 2.71. The first kappa shape index (κ1) is 14.2. The van der Waals surface area contributed by atoms with Crippen LogP contribution in [0, 0.1) is 5.82 Å². The minimum Gasteiger partial charge on any atom is -0.376 e. The lowest BCUT2D eigenvalue weighted by atomic mass is 10.2. The van der Waals surface area contributed by atoms with Crippen LogP contribution in [0.15, 0.2) is 23.0 Å². The molecule has 21 heavy (non-hydrogen) atoms. The number of aromatic nitrogens is 2. The van der Waals surface area contributed by atoms with Crippen molar-refractivity contribution in [3.63, 3.8) is 0 Å². The predicted molar refractivity (Wildman–Crippen MR) is 77.6 cm³/mol. The molecule has 1 aliphatic heterocycles. The molecule has 112 valence electrons. The molecule has 1 aromatic heterocycles. The number of rotatable bonds is 2. The van der Waals surface area contributed by atoms with Crippen molar-refractivity contribution in [2.75, 3.05) is 19.7 Å². The topological polar surface area (TPSA) is 47.4 Å². The van der Waals surface area contributed by atoms with Gasteiger partial charge in [0.15, 0.2) is 0 Å². The van der Waals surface area contributed by atoms with Gasteiger partial charge in [0.2, 0.25) is 0 Å². The van der Waals surface area contributed by atoms with Crippen LogP contribution >= 0.6 is 0 Å². The number of benzene rings is 1. The Bertz CT molecular complexity index is 729. The SMILES string of the molecule is C[C@H]1CN(Cc2nc3cc(F)ccc3n(C)c2=O)CCO1. The van der Waals surface area contributed by atoms with Crippen molar-refractivity contribution in [3.8, 4) is 0 Å². The van der Waals surface area contributed by atoms with Crippen molar-refractivity contribution >= 4 is 11.0 Å². The molecular formula is C15H18FN3O2. The van der Waals surface area contributed by atoms with E-state index in [2.05, 4.69) is 9.88 Å². The third-order valence-electron chi connectivity index (χ3n) is 3.80. The Balaban J connectivity index is 1.98. The highest BCUT2D eigenvalue weighted by Gasteiger charge is 2.19. The molecule has 6 heteroatoms. The highest BCUT2D eigenvalue weighted by atomic mass is 19.1.